The first-order valence-electron chi connectivity index (χ1n) is 8.15. The van der Waals surface area contributed by atoms with E-state index in [1.807, 2.05) is 14.1 Å². The molecule has 0 unspecified atom stereocenters. The predicted octanol–water partition coefficient (Wildman–Crippen LogP) is 0.807. The summed E-state index contributed by atoms with van der Waals surface area (Å²) < 4.78 is 10.4. The zero-order valence-electron chi connectivity index (χ0n) is 14.8. The molecule has 1 aliphatic heterocycles. The molecule has 0 saturated heterocycles. The van der Waals surface area contributed by atoms with E-state index in [9.17, 15) is 14.7 Å². The van der Waals surface area contributed by atoms with Gasteiger partial charge in [-0.05, 0) is 29.8 Å². The van der Waals surface area contributed by atoms with Crippen molar-refractivity contribution in [1.29, 1.82) is 0 Å². The standard InChI is InChI=1S/C20H19NO5/c1-21(2)11-15-16(22)9-8-14-18(23)17(26-19(14)15)10-12-4-6-13(7-5-12)20(24)25-3/h4-10,22H,11H2,1-3H3. The van der Waals surface area contributed by atoms with Crippen LogP contribution in [0.15, 0.2) is 42.2 Å². The maximum absolute atomic E-state index is 12.6. The van der Waals surface area contributed by atoms with Crippen LogP contribution in [0, 0.1) is 0 Å². The van der Waals surface area contributed by atoms with Crippen LogP contribution in [0.4, 0.5) is 0 Å². The van der Waals surface area contributed by atoms with E-state index in [0.29, 0.717) is 34.5 Å². The Morgan fingerprint density at radius 3 is 2.50 bits per heavy atom. The summed E-state index contributed by atoms with van der Waals surface area (Å²) in [4.78, 5) is 25.1. The minimum Gasteiger partial charge on any atom is -0.872 e. The summed E-state index contributed by atoms with van der Waals surface area (Å²) in [5.41, 5.74) is 2.03. The van der Waals surface area contributed by atoms with Gasteiger partial charge in [-0.2, -0.15) is 0 Å². The summed E-state index contributed by atoms with van der Waals surface area (Å²) in [6, 6.07) is 9.54. The molecule has 0 amide bonds. The van der Waals surface area contributed by atoms with E-state index in [2.05, 4.69) is 4.74 Å². The van der Waals surface area contributed by atoms with Gasteiger partial charge >= 0.3 is 5.97 Å². The SMILES string of the molecule is COC(=O)c1ccc(C=C2Oc3c(ccc([O-])c3C[NH+](C)C)C2=O)cc1. The van der Waals surface area contributed by atoms with E-state index in [-0.39, 0.29) is 17.3 Å². The van der Waals surface area contributed by atoms with Crippen molar-refractivity contribution < 1.29 is 29.1 Å². The van der Waals surface area contributed by atoms with Gasteiger partial charge in [0.25, 0.3) is 0 Å². The molecule has 1 N–H and O–H groups in total. The van der Waals surface area contributed by atoms with Crippen LogP contribution in [-0.2, 0) is 11.3 Å². The Bertz CT molecular complexity index is 897. The van der Waals surface area contributed by atoms with Crippen LogP contribution in [0.5, 0.6) is 11.5 Å². The van der Waals surface area contributed by atoms with Gasteiger partial charge in [0.2, 0.25) is 5.78 Å². The number of allylic oxidation sites excluding steroid dienone is 1. The first-order chi connectivity index (χ1) is 12.4. The summed E-state index contributed by atoms with van der Waals surface area (Å²) in [5, 5.41) is 12.1. The zero-order valence-corrected chi connectivity index (χ0v) is 14.8. The molecule has 0 aliphatic carbocycles. The van der Waals surface area contributed by atoms with Gasteiger partial charge in [0.1, 0.15) is 12.3 Å². The first-order valence-corrected chi connectivity index (χ1v) is 8.15. The maximum atomic E-state index is 12.6. The minimum atomic E-state index is -0.427. The lowest BCUT2D eigenvalue weighted by Crippen LogP contribution is -3.04. The van der Waals surface area contributed by atoms with Crippen molar-refractivity contribution in [2.24, 2.45) is 0 Å². The minimum absolute atomic E-state index is 0.138. The zero-order chi connectivity index (χ0) is 18.8. The van der Waals surface area contributed by atoms with Crippen LogP contribution in [0.1, 0.15) is 31.8 Å². The third kappa shape index (κ3) is 3.32. The number of ketones is 1. The number of benzene rings is 2. The summed E-state index contributed by atoms with van der Waals surface area (Å²) in [6.07, 6.45) is 1.60. The molecule has 0 atom stereocenters. The lowest BCUT2D eigenvalue weighted by Gasteiger charge is -2.17. The van der Waals surface area contributed by atoms with Crippen LogP contribution < -0.4 is 14.7 Å². The van der Waals surface area contributed by atoms with Crippen LogP contribution in [0.25, 0.3) is 6.08 Å². The number of hydrogen-bond acceptors (Lipinski definition) is 5. The highest BCUT2D eigenvalue weighted by Gasteiger charge is 2.30. The molecule has 0 bridgehead atoms. The summed E-state index contributed by atoms with van der Waals surface area (Å²) in [5.74, 6) is -0.315. The smallest absolute Gasteiger partial charge is 0.337 e. The van der Waals surface area contributed by atoms with E-state index in [1.54, 1.807) is 30.3 Å². The topological polar surface area (TPSA) is 80.1 Å². The van der Waals surface area contributed by atoms with E-state index in [0.717, 1.165) is 4.90 Å². The quantitative estimate of drug-likeness (QED) is 0.650. The Kier molecular flexibility index (Phi) is 4.77. The molecule has 6 heteroatoms. The Morgan fingerprint density at radius 2 is 1.88 bits per heavy atom. The van der Waals surface area contributed by atoms with Crippen LogP contribution in [0.3, 0.4) is 0 Å². The molecule has 0 spiro atoms. The van der Waals surface area contributed by atoms with Crippen molar-refractivity contribution in [1.82, 2.24) is 0 Å². The Balaban J connectivity index is 1.92. The lowest BCUT2D eigenvalue weighted by atomic mass is 10.0. The highest BCUT2D eigenvalue weighted by atomic mass is 16.5. The van der Waals surface area contributed by atoms with Crippen molar-refractivity contribution >= 4 is 17.8 Å². The number of fused-ring (bicyclic) bond motifs is 1. The number of hydrogen-bond donors (Lipinski definition) is 1. The van der Waals surface area contributed by atoms with Crippen molar-refractivity contribution in [3.8, 4) is 11.5 Å². The Hall–Kier alpha value is -3.12. The summed E-state index contributed by atoms with van der Waals surface area (Å²) >= 11 is 0. The third-order valence-corrected chi connectivity index (χ3v) is 4.06. The average molecular weight is 353 g/mol. The largest absolute Gasteiger partial charge is 0.872 e. The van der Waals surface area contributed by atoms with Gasteiger partial charge in [-0.3, -0.25) is 4.79 Å². The Labute approximate surface area is 151 Å². The number of carbonyl (C=O) groups excluding carboxylic acids is 2. The third-order valence-electron chi connectivity index (χ3n) is 4.06. The van der Waals surface area contributed by atoms with E-state index in [4.69, 9.17) is 4.74 Å². The van der Waals surface area contributed by atoms with Gasteiger partial charge in [-0.1, -0.05) is 23.9 Å². The molecule has 6 nitrogen and oxygen atoms in total. The highest BCUT2D eigenvalue weighted by Crippen LogP contribution is 2.38. The monoisotopic (exact) mass is 353 g/mol. The molecular weight excluding hydrogens is 334 g/mol. The van der Waals surface area contributed by atoms with Gasteiger partial charge in [-0.15, -0.1) is 0 Å². The highest BCUT2D eigenvalue weighted by molar-refractivity contribution is 6.15. The average Bonchev–Trinajstić information content (AvgIpc) is 2.93. The van der Waals surface area contributed by atoms with Gasteiger partial charge < -0.3 is 19.5 Å². The fourth-order valence-electron chi connectivity index (χ4n) is 2.79. The van der Waals surface area contributed by atoms with E-state index >= 15 is 0 Å². The van der Waals surface area contributed by atoms with Crippen molar-refractivity contribution in [2.75, 3.05) is 21.2 Å². The molecule has 0 aromatic heterocycles. The van der Waals surface area contributed by atoms with Crippen molar-refractivity contribution in [3.63, 3.8) is 0 Å². The van der Waals surface area contributed by atoms with E-state index < -0.39 is 5.97 Å². The molecule has 3 rings (SSSR count). The van der Waals surface area contributed by atoms with Gasteiger partial charge in [0.15, 0.2) is 5.76 Å². The van der Waals surface area contributed by atoms with Crippen LogP contribution >= 0.6 is 0 Å². The van der Waals surface area contributed by atoms with Gasteiger partial charge in [0, 0.05) is 5.56 Å². The number of esters is 1. The molecule has 0 radical (unpaired) electrons. The number of nitrogens with one attached hydrogen (secondary N) is 1. The molecule has 26 heavy (non-hydrogen) atoms. The first kappa shape index (κ1) is 17.7. The molecular formula is C20H19NO5. The van der Waals surface area contributed by atoms with Crippen molar-refractivity contribution in [2.45, 2.75) is 6.54 Å². The fourth-order valence-corrected chi connectivity index (χ4v) is 2.79. The predicted molar refractivity (Wildman–Crippen MR) is 93.1 cm³/mol. The fraction of sp³-hybridized carbons (Fsp3) is 0.200. The number of methoxy groups -OCH3 is 1. The second kappa shape index (κ2) is 7.01. The molecule has 1 heterocycles. The molecule has 2 aromatic carbocycles. The number of ether oxygens (including phenoxy) is 2. The summed E-state index contributed by atoms with van der Waals surface area (Å²) in [6.45, 7) is 0.469. The number of Topliss-reactive ketones (excluding diaryl/α,β-unsaturated/α-hetero) is 1. The normalized spacial score (nSPS) is 14.5. The Morgan fingerprint density at radius 1 is 1.19 bits per heavy atom. The molecule has 0 saturated carbocycles. The lowest BCUT2D eigenvalue weighted by molar-refractivity contribution is -0.872. The maximum Gasteiger partial charge on any atom is 0.337 e. The van der Waals surface area contributed by atoms with E-state index in [1.165, 1.54) is 19.2 Å². The number of rotatable bonds is 4. The molecule has 134 valence electrons. The number of carbonyl (C=O) groups is 2. The van der Waals surface area contributed by atoms with Gasteiger partial charge in [-0.25, -0.2) is 4.79 Å². The van der Waals surface area contributed by atoms with Crippen LogP contribution in [-0.4, -0.2) is 33.0 Å². The van der Waals surface area contributed by atoms with Crippen LogP contribution in [0.2, 0.25) is 0 Å². The molecule has 2 aromatic rings. The number of quaternary nitrogens is 1. The van der Waals surface area contributed by atoms with Gasteiger partial charge in [0.05, 0.1) is 32.3 Å². The second-order valence-electron chi connectivity index (χ2n) is 6.36. The van der Waals surface area contributed by atoms with Crippen molar-refractivity contribution in [3.05, 3.63) is 64.4 Å². The molecule has 1 aliphatic rings. The summed E-state index contributed by atoms with van der Waals surface area (Å²) in [7, 11) is 5.17. The second-order valence-corrected chi connectivity index (χ2v) is 6.36. The molecule has 0 fully saturated rings.